The summed E-state index contributed by atoms with van der Waals surface area (Å²) in [4.78, 5) is 0. The van der Waals surface area contributed by atoms with E-state index < -0.39 is 0 Å². The van der Waals surface area contributed by atoms with Crippen molar-refractivity contribution < 1.29 is 4.74 Å². The molecule has 0 fully saturated rings. The van der Waals surface area contributed by atoms with Crippen molar-refractivity contribution in [1.82, 2.24) is 0 Å². The minimum absolute atomic E-state index is 0.243. The number of rotatable bonds is 3. The second-order valence-electron chi connectivity index (χ2n) is 4.23. The van der Waals surface area contributed by atoms with E-state index in [0.717, 1.165) is 27.5 Å². The second kappa shape index (κ2) is 5.42. The Morgan fingerprint density at radius 3 is 2.61 bits per heavy atom. The van der Waals surface area contributed by atoms with Gasteiger partial charge in [-0.2, -0.15) is 0 Å². The van der Waals surface area contributed by atoms with Crippen LogP contribution in [0.5, 0.6) is 5.75 Å². The molecule has 1 atom stereocenters. The summed E-state index contributed by atoms with van der Waals surface area (Å²) in [5.74, 6) is 0.798. The molecule has 3 heteroatoms. The fraction of sp³-hybridized carbons (Fsp3) is 0.200. The summed E-state index contributed by atoms with van der Waals surface area (Å²) in [6.07, 6.45) is 0. The van der Waals surface area contributed by atoms with Gasteiger partial charge in [-0.05, 0) is 35.7 Å². The van der Waals surface area contributed by atoms with Crippen LogP contribution in [0.1, 0.15) is 22.7 Å². The Balaban J connectivity index is 2.41. The molecular formula is C15H16ClNO. The van der Waals surface area contributed by atoms with Crippen molar-refractivity contribution in [1.29, 1.82) is 0 Å². The third kappa shape index (κ3) is 2.50. The SMILES string of the molecule is COc1cccc(C(N)c2cccc(C)c2Cl)c1. The predicted molar refractivity (Wildman–Crippen MR) is 75.2 cm³/mol. The summed E-state index contributed by atoms with van der Waals surface area (Å²) >= 11 is 6.30. The third-order valence-electron chi connectivity index (χ3n) is 3.01. The monoisotopic (exact) mass is 261 g/mol. The van der Waals surface area contributed by atoms with Gasteiger partial charge in [0.2, 0.25) is 0 Å². The van der Waals surface area contributed by atoms with Gasteiger partial charge in [0.15, 0.2) is 0 Å². The van der Waals surface area contributed by atoms with Crippen LogP contribution in [0.4, 0.5) is 0 Å². The molecule has 0 amide bonds. The number of halogens is 1. The van der Waals surface area contributed by atoms with Gasteiger partial charge in [0.25, 0.3) is 0 Å². The molecule has 0 aliphatic carbocycles. The number of aryl methyl sites for hydroxylation is 1. The Hall–Kier alpha value is -1.51. The number of ether oxygens (including phenoxy) is 1. The van der Waals surface area contributed by atoms with E-state index in [9.17, 15) is 0 Å². The van der Waals surface area contributed by atoms with Crippen molar-refractivity contribution in [3.63, 3.8) is 0 Å². The van der Waals surface area contributed by atoms with Gasteiger partial charge in [-0.1, -0.05) is 41.9 Å². The van der Waals surface area contributed by atoms with Crippen molar-refractivity contribution in [2.24, 2.45) is 5.73 Å². The van der Waals surface area contributed by atoms with Gasteiger partial charge in [-0.25, -0.2) is 0 Å². The van der Waals surface area contributed by atoms with Crippen molar-refractivity contribution in [3.05, 3.63) is 64.2 Å². The minimum atomic E-state index is -0.243. The summed E-state index contributed by atoms with van der Waals surface area (Å²) in [5.41, 5.74) is 9.23. The zero-order valence-corrected chi connectivity index (χ0v) is 11.2. The van der Waals surface area contributed by atoms with Crippen LogP contribution in [0.15, 0.2) is 42.5 Å². The molecule has 0 spiro atoms. The third-order valence-corrected chi connectivity index (χ3v) is 3.53. The van der Waals surface area contributed by atoms with Gasteiger partial charge in [0, 0.05) is 5.02 Å². The molecule has 0 radical (unpaired) electrons. The first kappa shape index (κ1) is 12.9. The summed E-state index contributed by atoms with van der Waals surface area (Å²) in [5, 5.41) is 0.729. The van der Waals surface area contributed by atoms with Crippen LogP contribution in [0.2, 0.25) is 5.02 Å². The molecule has 2 rings (SSSR count). The fourth-order valence-corrected chi connectivity index (χ4v) is 2.17. The first-order valence-corrected chi connectivity index (χ1v) is 6.16. The molecule has 2 aromatic carbocycles. The maximum absolute atomic E-state index is 6.30. The van der Waals surface area contributed by atoms with Crippen LogP contribution in [0.25, 0.3) is 0 Å². The topological polar surface area (TPSA) is 35.2 Å². The predicted octanol–water partition coefficient (Wildman–Crippen LogP) is 3.71. The van der Waals surface area contributed by atoms with Crippen molar-refractivity contribution in [2.75, 3.05) is 7.11 Å². The average Bonchev–Trinajstić information content (AvgIpc) is 2.41. The molecule has 0 saturated heterocycles. The molecule has 1 unspecified atom stereocenters. The van der Waals surface area contributed by atoms with E-state index in [1.807, 2.05) is 49.4 Å². The van der Waals surface area contributed by atoms with Crippen LogP contribution in [0.3, 0.4) is 0 Å². The molecule has 0 heterocycles. The van der Waals surface area contributed by atoms with Crippen molar-refractivity contribution in [2.45, 2.75) is 13.0 Å². The molecule has 2 nitrogen and oxygen atoms in total. The van der Waals surface area contributed by atoms with E-state index in [4.69, 9.17) is 22.1 Å². The van der Waals surface area contributed by atoms with Gasteiger partial charge in [0.1, 0.15) is 5.75 Å². The van der Waals surface area contributed by atoms with Crippen LogP contribution in [0, 0.1) is 6.92 Å². The number of benzene rings is 2. The lowest BCUT2D eigenvalue weighted by atomic mass is 9.98. The van der Waals surface area contributed by atoms with Crippen LogP contribution < -0.4 is 10.5 Å². The highest BCUT2D eigenvalue weighted by Gasteiger charge is 2.13. The molecule has 18 heavy (non-hydrogen) atoms. The van der Waals surface area contributed by atoms with Crippen molar-refractivity contribution in [3.8, 4) is 5.75 Å². The Bertz CT molecular complexity index is 554. The van der Waals surface area contributed by atoms with Gasteiger partial charge >= 0.3 is 0 Å². The van der Waals surface area contributed by atoms with Crippen LogP contribution in [-0.2, 0) is 0 Å². The standard InChI is InChI=1S/C15H16ClNO/c1-10-5-3-8-13(14(10)16)15(17)11-6-4-7-12(9-11)18-2/h3-9,15H,17H2,1-2H3. The van der Waals surface area contributed by atoms with Gasteiger partial charge in [-0.3, -0.25) is 0 Å². The zero-order valence-electron chi connectivity index (χ0n) is 10.5. The van der Waals surface area contributed by atoms with E-state index in [1.54, 1.807) is 7.11 Å². The lowest BCUT2D eigenvalue weighted by Gasteiger charge is -2.16. The molecule has 0 saturated carbocycles. The molecule has 2 aromatic rings. The van der Waals surface area contributed by atoms with E-state index >= 15 is 0 Å². The highest BCUT2D eigenvalue weighted by molar-refractivity contribution is 6.32. The highest BCUT2D eigenvalue weighted by atomic mass is 35.5. The average molecular weight is 262 g/mol. The van der Waals surface area contributed by atoms with Gasteiger partial charge < -0.3 is 10.5 Å². The molecule has 0 aliphatic heterocycles. The summed E-state index contributed by atoms with van der Waals surface area (Å²) in [6, 6.07) is 13.4. The van der Waals surface area contributed by atoms with Crippen LogP contribution >= 0.6 is 11.6 Å². The minimum Gasteiger partial charge on any atom is -0.497 e. The molecule has 2 N–H and O–H groups in total. The second-order valence-corrected chi connectivity index (χ2v) is 4.61. The smallest absolute Gasteiger partial charge is 0.119 e. The molecule has 94 valence electrons. The highest BCUT2D eigenvalue weighted by Crippen LogP contribution is 2.30. The molecule has 0 bridgehead atoms. The number of methoxy groups -OCH3 is 1. The molecule has 0 aromatic heterocycles. The Labute approximate surface area is 112 Å². The molecular weight excluding hydrogens is 246 g/mol. The maximum Gasteiger partial charge on any atom is 0.119 e. The van der Waals surface area contributed by atoms with E-state index in [1.165, 1.54) is 0 Å². The number of nitrogens with two attached hydrogens (primary N) is 1. The Morgan fingerprint density at radius 1 is 1.17 bits per heavy atom. The van der Waals surface area contributed by atoms with Gasteiger partial charge in [-0.15, -0.1) is 0 Å². The zero-order chi connectivity index (χ0) is 13.1. The number of hydrogen-bond acceptors (Lipinski definition) is 2. The summed E-state index contributed by atoms with van der Waals surface area (Å²) in [7, 11) is 1.64. The van der Waals surface area contributed by atoms with E-state index in [2.05, 4.69) is 0 Å². The lowest BCUT2D eigenvalue weighted by Crippen LogP contribution is -2.12. The maximum atomic E-state index is 6.30. The van der Waals surface area contributed by atoms with E-state index in [-0.39, 0.29) is 6.04 Å². The Morgan fingerprint density at radius 2 is 1.89 bits per heavy atom. The molecule has 0 aliphatic rings. The summed E-state index contributed by atoms with van der Waals surface area (Å²) in [6.45, 7) is 1.98. The quantitative estimate of drug-likeness (QED) is 0.914. The first-order valence-electron chi connectivity index (χ1n) is 5.78. The largest absolute Gasteiger partial charge is 0.497 e. The van der Waals surface area contributed by atoms with Crippen LogP contribution in [-0.4, -0.2) is 7.11 Å². The lowest BCUT2D eigenvalue weighted by molar-refractivity contribution is 0.414. The fourth-order valence-electron chi connectivity index (χ4n) is 1.92. The van der Waals surface area contributed by atoms with Crippen molar-refractivity contribution >= 4 is 11.6 Å². The Kier molecular flexibility index (Phi) is 3.90. The normalized spacial score (nSPS) is 12.2. The first-order chi connectivity index (χ1) is 8.63. The summed E-state index contributed by atoms with van der Waals surface area (Å²) < 4.78 is 5.21. The van der Waals surface area contributed by atoms with E-state index in [0.29, 0.717) is 0 Å². The van der Waals surface area contributed by atoms with Gasteiger partial charge in [0.05, 0.1) is 13.2 Å². The number of hydrogen-bond donors (Lipinski definition) is 1.